The van der Waals surface area contributed by atoms with Crippen LogP contribution in [0.15, 0.2) is 58.0 Å². The fourth-order valence-electron chi connectivity index (χ4n) is 2.04. The average molecular weight is 331 g/mol. The van der Waals surface area contributed by atoms with Crippen LogP contribution in [0.4, 0.5) is 4.39 Å². The normalized spacial score (nSPS) is 10.8. The first-order chi connectivity index (χ1) is 10.8. The Bertz CT molecular complexity index is 759. The lowest BCUT2D eigenvalue weighted by molar-refractivity contribution is 0.587. The Labute approximate surface area is 136 Å². The quantitative estimate of drug-likeness (QED) is 0.711. The predicted molar refractivity (Wildman–Crippen MR) is 88.6 cm³/mol. The third-order valence-corrected chi connectivity index (χ3v) is 5.27. The molecule has 3 aromatic rings. The summed E-state index contributed by atoms with van der Waals surface area (Å²) in [5.74, 6) is -0.445. The van der Waals surface area contributed by atoms with Gasteiger partial charge in [0.15, 0.2) is 0 Å². The molecule has 0 bridgehead atoms. The van der Waals surface area contributed by atoms with Gasteiger partial charge in [0.05, 0.1) is 4.21 Å². The summed E-state index contributed by atoms with van der Waals surface area (Å²) in [6.07, 6.45) is 3.22. The average Bonchev–Trinajstić information content (AvgIpc) is 2.91. The standard InChI is InChI=1S/C16H14FN3S2/c1-18-10-11-9-13(12-5-4-8-20-15(12)17)16(21-11)22-14-6-2-3-7-19-14/h2-9,18H,10H2,1H3. The summed E-state index contributed by atoms with van der Waals surface area (Å²) in [6, 6.07) is 11.3. The molecular weight excluding hydrogens is 317 g/mol. The van der Waals surface area contributed by atoms with E-state index in [1.165, 1.54) is 6.20 Å². The maximum absolute atomic E-state index is 14.0. The van der Waals surface area contributed by atoms with Crippen molar-refractivity contribution in [3.8, 4) is 11.1 Å². The minimum Gasteiger partial charge on any atom is -0.315 e. The summed E-state index contributed by atoms with van der Waals surface area (Å²) in [7, 11) is 1.90. The van der Waals surface area contributed by atoms with E-state index in [1.807, 2.05) is 31.3 Å². The van der Waals surface area contributed by atoms with Crippen LogP contribution in [-0.4, -0.2) is 17.0 Å². The lowest BCUT2D eigenvalue weighted by Gasteiger charge is -2.03. The van der Waals surface area contributed by atoms with Crippen molar-refractivity contribution in [1.29, 1.82) is 0 Å². The molecule has 22 heavy (non-hydrogen) atoms. The first kappa shape index (κ1) is 15.1. The van der Waals surface area contributed by atoms with Crippen LogP contribution in [0.5, 0.6) is 0 Å². The molecule has 0 atom stereocenters. The largest absolute Gasteiger partial charge is 0.315 e. The molecule has 0 aromatic carbocycles. The van der Waals surface area contributed by atoms with Crippen molar-refractivity contribution in [2.45, 2.75) is 15.8 Å². The zero-order chi connectivity index (χ0) is 15.4. The van der Waals surface area contributed by atoms with Gasteiger partial charge in [0.2, 0.25) is 5.95 Å². The molecule has 0 spiro atoms. The van der Waals surface area contributed by atoms with E-state index < -0.39 is 5.95 Å². The number of pyridine rings is 2. The molecule has 3 heterocycles. The summed E-state index contributed by atoms with van der Waals surface area (Å²) < 4.78 is 15.1. The van der Waals surface area contributed by atoms with Crippen molar-refractivity contribution in [3.05, 3.63) is 59.6 Å². The number of hydrogen-bond donors (Lipinski definition) is 1. The van der Waals surface area contributed by atoms with E-state index in [2.05, 4.69) is 15.3 Å². The Morgan fingerprint density at radius 2 is 2.00 bits per heavy atom. The van der Waals surface area contributed by atoms with Gasteiger partial charge in [-0.25, -0.2) is 9.97 Å². The molecule has 0 radical (unpaired) electrons. The Morgan fingerprint density at radius 1 is 1.14 bits per heavy atom. The predicted octanol–water partition coefficient (Wildman–Crippen LogP) is 4.21. The first-order valence-corrected chi connectivity index (χ1v) is 8.38. The van der Waals surface area contributed by atoms with Gasteiger partial charge < -0.3 is 5.32 Å². The molecule has 1 N–H and O–H groups in total. The molecule has 0 saturated heterocycles. The van der Waals surface area contributed by atoms with Crippen molar-refractivity contribution in [2.24, 2.45) is 0 Å². The molecule has 6 heteroatoms. The van der Waals surface area contributed by atoms with Crippen molar-refractivity contribution in [3.63, 3.8) is 0 Å². The van der Waals surface area contributed by atoms with E-state index in [1.54, 1.807) is 41.4 Å². The highest BCUT2D eigenvalue weighted by Crippen LogP contribution is 2.42. The SMILES string of the molecule is CNCc1cc(-c2cccnc2F)c(Sc2ccccn2)s1. The van der Waals surface area contributed by atoms with Crippen LogP contribution in [0.2, 0.25) is 0 Å². The molecule has 112 valence electrons. The number of nitrogens with zero attached hydrogens (tertiary/aromatic N) is 2. The van der Waals surface area contributed by atoms with Crippen LogP contribution >= 0.6 is 23.1 Å². The van der Waals surface area contributed by atoms with E-state index in [0.29, 0.717) is 5.56 Å². The summed E-state index contributed by atoms with van der Waals surface area (Å²) in [5, 5.41) is 4.02. The minimum atomic E-state index is -0.445. The Balaban J connectivity index is 2.02. The molecule has 3 aromatic heterocycles. The van der Waals surface area contributed by atoms with Crippen molar-refractivity contribution in [2.75, 3.05) is 7.05 Å². The molecule has 0 saturated carbocycles. The monoisotopic (exact) mass is 331 g/mol. The third-order valence-electron chi connectivity index (χ3n) is 2.98. The number of thiophene rings is 1. The Hall–Kier alpha value is -1.76. The first-order valence-electron chi connectivity index (χ1n) is 6.75. The highest BCUT2D eigenvalue weighted by atomic mass is 32.2. The second-order valence-corrected chi connectivity index (χ2v) is 6.98. The maximum atomic E-state index is 14.0. The van der Waals surface area contributed by atoms with E-state index in [4.69, 9.17) is 0 Å². The minimum absolute atomic E-state index is 0.445. The molecule has 3 rings (SSSR count). The fourth-order valence-corrected chi connectivity index (χ4v) is 4.42. The summed E-state index contributed by atoms with van der Waals surface area (Å²) >= 11 is 3.20. The number of hydrogen-bond acceptors (Lipinski definition) is 5. The molecule has 3 nitrogen and oxygen atoms in total. The highest BCUT2D eigenvalue weighted by Gasteiger charge is 2.16. The van der Waals surface area contributed by atoms with Gasteiger partial charge >= 0.3 is 0 Å². The number of nitrogens with one attached hydrogen (secondary N) is 1. The number of aromatic nitrogens is 2. The van der Waals surface area contributed by atoms with Gasteiger partial charge in [-0.3, -0.25) is 0 Å². The van der Waals surface area contributed by atoms with Gasteiger partial charge in [0.25, 0.3) is 0 Å². The molecule has 0 fully saturated rings. The lowest BCUT2D eigenvalue weighted by atomic mass is 10.1. The molecular formula is C16H14FN3S2. The summed E-state index contributed by atoms with van der Waals surface area (Å²) in [6.45, 7) is 0.752. The van der Waals surface area contributed by atoms with Crippen LogP contribution in [-0.2, 0) is 6.54 Å². The molecule has 0 unspecified atom stereocenters. The maximum Gasteiger partial charge on any atom is 0.220 e. The van der Waals surface area contributed by atoms with Gasteiger partial charge in [0, 0.05) is 34.9 Å². The van der Waals surface area contributed by atoms with Crippen LogP contribution in [0.1, 0.15) is 4.88 Å². The molecule has 0 aliphatic rings. The van der Waals surface area contributed by atoms with Gasteiger partial charge in [-0.2, -0.15) is 4.39 Å². The van der Waals surface area contributed by atoms with E-state index in [9.17, 15) is 4.39 Å². The summed E-state index contributed by atoms with van der Waals surface area (Å²) in [4.78, 5) is 9.24. The van der Waals surface area contributed by atoms with Crippen LogP contribution in [0.25, 0.3) is 11.1 Å². The van der Waals surface area contributed by atoms with E-state index >= 15 is 0 Å². The third kappa shape index (κ3) is 3.35. The van der Waals surface area contributed by atoms with Crippen molar-refractivity contribution >= 4 is 23.1 Å². The smallest absolute Gasteiger partial charge is 0.220 e. The zero-order valence-electron chi connectivity index (χ0n) is 11.9. The molecule has 0 amide bonds. The fraction of sp³-hybridized carbons (Fsp3) is 0.125. The zero-order valence-corrected chi connectivity index (χ0v) is 13.5. The molecule has 0 aliphatic carbocycles. The van der Waals surface area contributed by atoms with Crippen LogP contribution in [0.3, 0.4) is 0 Å². The van der Waals surface area contributed by atoms with Gasteiger partial charge in [-0.15, -0.1) is 11.3 Å². The van der Waals surface area contributed by atoms with E-state index in [0.717, 1.165) is 26.2 Å². The molecule has 0 aliphatic heterocycles. The highest BCUT2D eigenvalue weighted by molar-refractivity contribution is 8.01. The van der Waals surface area contributed by atoms with E-state index in [-0.39, 0.29) is 0 Å². The number of halogens is 1. The number of rotatable bonds is 5. The van der Waals surface area contributed by atoms with Gasteiger partial charge in [-0.1, -0.05) is 17.8 Å². The lowest BCUT2D eigenvalue weighted by Crippen LogP contribution is -2.02. The van der Waals surface area contributed by atoms with Gasteiger partial charge in [-0.05, 0) is 37.4 Å². The topological polar surface area (TPSA) is 37.8 Å². The Kier molecular flexibility index (Phi) is 4.82. The van der Waals surface area contributed by atoms with Crippen LogP contribution in [0, 0.1) is 5.95 Å². The van der Waals surface area contributed by atoms with Gasteiger partial charge in [0.1, 0.15) is 5.03 Å². The van der Waals surface area contributed by atoms with Crippen LogP contribution < -0.4 is 5.32 Å². The second-order valence-electron chi connectivity index (χ2n) is 4.56. The van der Waals surface area contributed by atoms with Crippen molar-refractivity contribution < 1.29 is 4.39 Å². The summed E-state index contributed by atoms with van der Waals surface area (Å²) in [5.41, 5.74) is 1.40. The van der Waals surface area contributed by atoms with Crippen molar-refractivity contribution in [1.82, 2.24) is 15.3 Å². The Morgan fingerprint density at radius 3 is 2.73 bits per heavy atom. The second kappa shape index (κ2) is 7.00.